The zero-order chi connectivity index (χ0) is 17.8. The van der Waals surface area contributed by atoms with Crippen molar-refractivity contribution in [1.82, 2.24) is 0 Å². The third-order valence-corrected chi connectivity index (χ3v) is 3.65. The number of carbonyl (C=O) groups excluding carboxylic acids is 2. The Morgan fingerprint density at radius 2 is 1.08 bits per heavy atom. The fourth-order valence-corrected chi connectivity index (χ4v) is 2.56. The standard InChI is InChI=1S/C14H6N2O8/c17-11-5-1-3-7(15(21)22)12(18)9(5)14(20)10-6(11)2-4-8(13(10)19)16(23)24/h1-4,18-19H. The number of nitrogens with zero attached hydrogens (tertiary/aromatic N) is 2. The molecule has 0 radical (unpaired) electrons. The van der Waals surface area contributed by atoms with Gasteiger partial charge in [0.05, 0.1) is 21.0 Å². The summed E-state index contributed by atoms with van der Waals surface area (Å²) in [5.41, 5.74) is -3.52. The van der Waals surface area contributed by atoms with Crippen LogP contribution in [0.2, 0.25) is 0 Å². The monoisotopic (exact) mass is 330 g/mol. The Labute approximate surface area is 131 Å². The Balaban J connectivity index is 2.36. The van der Waals surface area contributed by atoms with Gasteiger partial charge in [-0.3, -0.25) is 29.8 Å². The summed E-state index contributed by atoms with van der Waals surface area (Å²) in [6.45, 7) is 0. The highest BCUT2D eigenvalue weighted by Crippen LogP contribution is 2.42. The number of ketones is 2. The lowest BCUT2D eigenvalue weighted by Crippen LogP contribution is -2.21. The van der Waals surface area contributed by atoms with Crippen LogP contribution in [0.5, 0.6) is 11.5 Å². The number of nitro groups is 2. The lowest BCUT2D eigenvalue weighted by atomic mass is 9.82. The highest BCUT2D eigenvalue weighted by Gasteiger charge is 2.39. The van der Waals surface area contributed by atoms with Crippen LogP contribution in [0.25, 0.3) is 0 Å². The maximum Gasteiger partial charge on any atom is 0.311 e. The zero-order valence-electron chi connectivity index (χ0n) is 11.5. The van der Waals surface area contributed by atoms with E-state index in [1.54, 1.807) is 0 Å². The van der Waals surface area contributed by atoms with Crippen molar-refractivity contribution in [2.75, 3.05) is 0 Å². The second-order valence-corrected chi connectivity index (χ2v) is 4.88. The Kier molecular flexibility index (Phi) is 3.04. The number of carbonyl (C=O) groups is 2. The van der Waals surface area contributed by atoms with Crippen LogP contribution in [-0.2, 0) is 0 Å². The molecule has 120 valence electrons. The minimum absolute atomic E-state index is 0.288. The molecule has 0 spiro atoms. The highest BCUT2D eigenvalue weighted by atomic mass is 16.6. The van der Waals surface area contributed by atoms with Crippen molar-refractivity contribution in [2.45, 2.75) is 0 Å². The Hall–Kier alpha value is -3.82. The van der Waals surface area contributed by atoms with E-state index in [0.717, 1.165) is 24.3 Å². The van der Waals surface area contributed by atoms with Gasteiger partial charge >= 0.3 is 11.4 Å². The predicted molar refractivity (Wildman–Crippen MR) is 76.4 cm³/mol. The first-order valence-corrected chi connectivity index (χ1v) is 6.35. The second kappa shape index (κ2) is 4.84. The second-order valence-electron chi connectivity index (χ2n) is 4.88. The fourth-order valence-electron chi connectivity index (χ4n) is 2.56. The minimum Gasteiger partial charge on any atom is -0.502 e. The molecule has 2 N–H and O–H groups in total. The van der Waals surface area contributed by atoms with Crippen molar-refractivity contribution in [3.05, 3.63) is 66.7 Å². The summed E-state index contributed by atoms with van der Waals surface area (Å²) >= 11 is 0. The molecule has 0 atom stereocenters. The molecule has 0 saturated carbocycles. The molecule has 10 nitrogen and oxygen atoms in total. The van der Waals surface area contributed by atoms with Crippen molar-refractivity contribution in [2.24, 2.45) is 0 Å². The molecular weight excluding hydrogens is 324 g/mol. The van der Waals surface area contributed by atoms with E-state index in [4.69, 9.17) is 0 Å². The first-order chi connectivity index (χ1) is 11.3. The maximum absolute atomic E-state index is 12.5. The number of phenols is 2. The molecule has 0 amide bonds. The van der Waals surface area contributed by atoms with E-state index in [-0.39, 0.29) is 11.1 Å². The van der Waals surface area contributed by atoms with Gasteiger partial charge in [0.15, 0.2) is 5.78 Å². The van der Waals surface area contributed by atoms with E-state index in [2.05, 4.69) is 0 Å². The summed E-state index contributed by atoms with van der Waals surface area (Å²) in [5.74, 6) is -3.98. The molecular formula is C14H6N2O8. The van der Waals surface area contributed by atoms with Crippen LogP contribution in [0, 0.1) is 20.2 Å². The Morgan fingerprint density at radius 3 is 1.42 bits per heavy atom. The average Bonchev–Trinajstić information content (AvgIpc) is 2.51. The SMILES string of the molecule is O=C1c2ccc([N+](=O)[O-])c(O)c2C(=O)c2c1ccc([N+](=O)[O-])c2O. The molecule has 3 rings (SSSR count). The summed E-state index contributed by atoms with van der Waals surface area (Å²) in [5, 5.41) is 41.6. The summed E-state index contributed by atoms with van der Waals surface area (Å²) in [6.07, 6.45) is 0. The van der Waals surface area contributed by atoms with Gasteiger partial charge < -0.3 is 10.2 Å². The van der Waals surface area contributed by atoms with Gasteiger partial charge in [0.25, 0.3) is 0 Å². The molecule has 0 fully saturated rings. The van der Waals surface area contributed by atoms with Gasteiger partial charge in [0.2, 0.25) is 17.3 Å². The van der Waals surface area contributed by atoms with Crippen molar-refractivity contribution in [3.8, 4) is 11.5 Å². The molecule has 10 heteroatoms. The van der Waals surface area contributed by atoms with E-state index in [9.17, 15) is 40.0 Å². The summed E-state index contributed by atoms with van der Waals surface area (Å²) in [4.78, 5) is 44.8. The number of hydrogen-bond donors (Lipinski definition) is 2. The number of hydrogen-bond acceptors (Lipinski definition) is 8. The summed E-state index contributed by atoms with van der Waals surface area (Å²) in [7, 11) is 0. The number of benzene rings is 2. The van der Waals surface area contributed by atoms with Crippen molar-refractivity contribution >= 4 is 22.9 Å². The predicted octanol–water partition coefficient (Wildman–Crippen LogP) is 1.69. The molecule has 0 unspecified atom stereocenters. The lowest BCUT2D eigenvalue weighted by molar-refractivity contribution is -0.386. The number of phenolic OH excluding ortho intramolecular Hbond substituents is 2. The van der Waals surface area contributed by atoms with Crippen molar-refractivity contribution < 1.29 is 29.6 Å². The van der Waals surface area contributed by atoms with Gasteiger partial charge in [-0.25, -0.2) is 0 Å². The topological polar surface area (TPSA) is 161 Å². The van der Waals surface area contributed by atoms with Gasteiger partial charge in [0.1, 0.15) is 0 Å². The normalized spacial score (nSPS) is 12.5. The van der Waals surface area contributed by atoms with E-state index in [1.807, 2.05) is 0 Å². The Morgan fingerprint density at radius 1 is 0.708 bits per heavy atom. The molecule has 2 aromatic carbocycles. The molecule has 0 aromatic heterocycles. The number of aromatic hydroxyl groups is 2. The maximum atomic E-state index is 12.5. The Bertz CT molecular complexity index is 904. The van der Waals surface area contributed by atoms with E-state index in [1.165, 1.54) is 0 Å². The van der Waals surface area contributed by atoms with Crippen LogP contribution in [0.3, 0.4) is 0 Å². The zero-order valence-corrected chi connectivity index (χ0v) is 11.5. The third kappa shape index (κ3) is 1.83. The molecule has 2 aromatic rings. The fraction of sp³-hybridized carbons (Fsp3) is 0. The lowest BCUT2D eigenvalue weighted by Gasteiger charge is -2.18. The first-order valence-electron chi connectivity index (χ1n) is 6.35. The molecule has 0 saturated heterocycles. The molecule has 0 heterocycles. The van der Waals surface area contributed by atoms with Crippen molar-refractivity contribution in [3.63, 3.8) is 0 Å². The van der Waals surface area contributed by atoms with Crippen LogP contribution >= 0.6 is 0 Å². The van der Waals surface area contributed by atoms with Crippen LogP contribution < -0.4 is 0 Å². The number of rotatable bonds is 2. The van der Waals surface area contributed by atoms with Gasteiger partial charge in [-0.05, 0) is 12.1 Å². The van der Waals surface area contributed by atoms with Gasteiger partial charge in [-0.1, -0.05) is 0 Å². The van der Waals surface area contributed by atoms with Crippen LogP contribution in [0.15, 0.2) is 24.3 Å². The van der Waals surface area contributed by atoms with Gasteiger partial charge in [0, 0.05) is 23.3 Å². The van der Waals surface area contributed by atoms with E-state index >= 15 is 0 Å². The molecule has 1 aliphatic rings. The first kappa shape index (κ1) is 15.1. The van der Waals surface area contributed by atoms with Crippen LogP contribution in [0.4, 0.5) is 11.4 Å². The highest BCUT2D eigenvalue weighted by molar-refractivity contribution is 6.30. The van der Waals surface area contributed by atoms with Gasteiger partial charge in [-0.15, -0.1) is 0 Å². The summed E-state index contributed by atoms with van der Waals surface area (Å²) < 4.78 is 0. The van der Waals surface area contributed by atoms with E-state index in [0.29, 0.717) is 0 Å². The molecule has 1 aliphatic carbocycles. The van der Waals surface area contributed by atoms with Crippen LogP contribution in [-0.4, -0.2) is 31.6 Å². The van der Waals surface area contributed by atoms with E-state index < -0.39 is 55.4 Å². The third-order valence-electron chi connectivity index (χ3n) is 3.65. The summed E-state index contributed by atoms with van der Waals surface area (Å²) in [6, 6.07) is 3.76. The van der Waals surface area contributed by atoms with Gasteiger partial charge in [-0.2, -0.15) is 0 Å². The average molecular weight is 330 g/mol. The largest absolute Gasteiger partial charge is 0.502 e. The van der Waals surface area contributed by atoms with Crippen molar-refractivity contribution in [1.29, 1.82) is 0 Å². The molecule has 0 bridgehead atoms. The number of nitro benzene ring substituents is 2. The van der Waals surface area contributed by atoms with Crippen LogP contribution in [0.1, 0.15) is 31.8 Å². The smallest absolute Gasteiger partial charge is 0.311 e. The minimum atomic E-state index is -1.11. The molecule has 24 heavy (non-hydrogen) atoms. The molecule has 0 aliphatic heterocycles. The quantitative estimate of drug-likeness (QED) is 0.530. The number of fused-ring (bicyclic) bond motifs is 2.